The van der Waals surface area contributed by atoms with Gasteiger partial charge in [-0.2, -0.15) is 15.2 Å². The zero-order valence-corrected chi connectivity index (χ0v) is 25.5. The zero-order valence-electron chi connectivity index (χ0n) is 23.9. The first-order chi connectivity index (χ1) is 20.8. The van der Waals surface area contributed by atoms with E-state index < -0.39 is 11.6 Å². The highest BCUT2D eigenvalue weighted by atomic mass is 35.5. The summed E-state index contributed by atoms with van der Waals surface area (Å²) in [5, 5.41) is 11.1. The van der Waals surface area contributed by atoms with Crippen LogP contribution in [0.5, 0.6) is 6.01 Å². The molecule has 5 heterocycles. The molecule has 2 aromatic carbocycles. The first-order valence-corrected chi connectivity index (χ1v) is 15.8. The molecule has 2 fully saturated rings. The summed E-state index contributed by atoms with van der Waals surface area (Å²) in [6.07, 6.45) is 4.00. The number of aromatic nitrogens is 2. The van der Waals surface area contributed by atoms with Crippen molar-refractivity contribution >= 4 is 54.7 Å². The van der Waals surface area contributed by atoms with Crippen molar-refractivity contribution in [2.75, 3.05) is 44.0 Å². The number of nitrogen functional groups attached to an aromatic ring is 1. The summed E-state index contributed by atoms with van der Waals surface area (Å²) in [5.74, 6) is -0.619. The monoisotopic (exact) mass is 624 g/mol. The Kier molecular flexibility index (Phi) is 7.29. The molecule has 224 valence electrons. The number of hydrogen-bond acceptors (Lipinski definition) is 9. The molecule has 3 aliphatic heterocycles. The van der Waals surface area contributed by atoms with E-state index in [-0.39, 0.29) is 61.0 Å². The van der Waals surface area contributed by atoms with Gasteiger partial charge < -0.3 is 20.1 Å². The normalized spacial score (nSPS) is 21.4. The van der Waals surface area contributed by atoms with E-state index in [4.69, 9.17) is 31.8 Å². The Bertz CT molecular complexity index is 1800. The van der Waals surface area contributed by atoms with Gasteiger partial charge in [-0.1, -0.05) is 17.7 Å². The third-order valence-electron chi connectivity index (χ3n) is 9.14. The first kappa shape index (κ1) is 28.5. The number of thiophene rings is 1. The van der Waals surface area contributed by atoms with Crippen LogP contribution in [0.1, 0.15) is 43.7 Å². The maximum atomic E-state index is 17.0. The van der Waals surface area contributed by atoms with E-state index in [1.807, 2.05) is 6.92 Å². The second-order valence-corrected chi connectivity index (χ2v) is 13.0. The topological polar surface area (TPSA) is 101 Å². The van der Waals surface area contributed by atoms with Gasteiger partial charge >= 0.3 is 6.01 Å². The smallest absolute Gasteiger partial charge is 0.319 e. The lowest BCUT2D eigenvalue weighted by molar-refractivity contribution is 0.112. The number of hydrogen-bond donors (Lipinski definition) is 1. The van der Waals surface area contributed by atoms with E-state index in [0.29, 0.717) is 42.9 Å². The van der Waals surface area contributed by atoms with Gasteiger partial charge in [0.2, 0.25) is 0 Å². The molecule has 3 atom stereocenters. The van der Waals surface area contributed by atoms with Crippen LogP contribution in [0.4, 0.5) is 19.6 Å². The van der Waals surface area contributed by atoms with E-state index in [1.165, 1.54) is 12.1 Å². The number of benzene rings is 2. The van der Waals surface area contributed by atoms with Crippen LogP contribution < -0.4 is 15.4 Å². The third kappa shape index (κ3) is 4.58. The Balaban J connectivity index is 1.49. The van der Waals surface area contributed by atoms with Crippen LogP contribution in [0, 0.1) is 23.0 Å². The average molecular weight is 625 g/mol. The van der Waals surface area contributed by atoms with Gasteiger partial charge in [-0.15, -0.1) is 11.3 Å². The Morgan fingerprint density at radius 3 is 2.77 bits per heavy atom. The van der Waals surface area contributed by atoms with Gasteiger partial charge in [0.1, 0.15) is 34.3 Å². The van der Waals surface area contributed by atoms with Crippen LogP contribution in [0.3, 0.4) is 0 Å². The maximum Gasteiger partial charge on any atom is 0.319 e. The van der Waals surface area contributed by atoms with Gasteiger partial charge in [0.05, 0.1) is 33.3 Å². The number of ether oxygens (including phenoxy) is 2. The number of fused-ring (bicyclic) bond motifs is 1. The molecule has 8 nitrogen and oxygen atoms in total. The van der Waals surface area contributed by atoms with Crippen LogP contribution in [0.2, 0.25) is 5.02 Å². The Morgan fingerprint density at radius 1 is 1.21 bits per heavy atom. The molecule has 0 aliphatic carbocycles. The van der Waals surface area contributed by atoms with Crippen molar-refractivity contribution < 1.29 is 18.3 Å². The number of likely N-dealkylation sites (N-methyl/N-ethyl adjacent to an activating group) is 1. The van der Waals surface area contributed by atoms with Gasteiger partial charge in [0.25, 0.3) is 0 Å². The van der Waals surface area contributed by atoms with Gasteiger partial charge in [-0.25, -0.2) is 8.78 Å². The fourth-order valence-electron chi connectivity index (χ4n) is 7.01. The van der Waals surface area contributed by atoms with Crippen LogP contribution in [0.15, 0.2) is 12.1 Å². The number of aryl methyl sites for hydroxylation is 1. The lowest BCUT2D eigenvalue weighted by Gasteiger charge is -2.30. The molecular formula is C31H31ClF2N6O2S. The van der Waals surface area contributed by atoms with Gasteiger partial charge in [-0.3, -0.25) is 4.90 Å². The predicted octanol–water partition coefficient (Wildman–Crippen LogP) is 6.30. The molecule has 4 aromatic rings. The lowest BCUT2D eigenvalue weighted by Crippen LogP contribution is -2.39. The zero-order chi connectivity index (χ0) is 30.0. The van der Waals surface area contributed by atoms with E-state index in [2.05, 4.69) is 27.9 Å². The standard InChI is InChI=1S/C31H31ClF2N6O2S/c1-15(21-6-4-10-39(21)2)42-31-37-27-24-18(5-3-11-40(30(24)38-31)16-9-12-41-14-16)25(32)23(26(27)34)17-7-8-20(33)28-22(17)19(13-35)29(36)43-28/h7-8,15-16,21H,3-6,9-12,14,36H2,1-2H3/t15-,16?,21?/m0/s1. The van der Waals surface area contributed by atoms with Crippen molar-refractivity contribution in [3.8, 4) is 23.2 Å². The molecule has 0 amide bonds. The van der Waals surface area contributed by atoms with Crippen molar-refractivity contribution in [2.24, 2.45) is 0 Å². The molecule has 0 radical (unpaired) electrons. The molecule has 12 heteroatoms. The lowest BCUT2D eigenvalue weighted by atomic mass is 9.93. The second kappa shape index (κ2) is 11.0. The minimum atomic E-state index is -0.672. The van der Waals surface area contributed by atoms with Crippen molar-refractivity contribution in [3.63, 3.8) is 0 Å². The van der Waals surface area contributed by atoms with Crippen molar-refractivity contribution in [1.29, 1.82) is 5.26 Å². The number of nitriles is 1. The summed E-state index contributed by atoms with van der Waals surface area (Å²) in [6.45, 7) is 4.87. The number of rotatable bonds is 5. The van der Waals surface area contributed by atoms with E-state index in [9.17, 15) is 9.65 Å². The van der Waals surface area contributed by atoms with Crippen molar-refractivity contribution in [2.45, 2.75) is 57.2 Å². The summed E-state index contributed by atoms with van der Waals surface area (Å²) in [7, 11) is 2.07. The fraction of sp³-hybridized carbons (Fsp3) is 0.452. The summed E-state index contributed by atoms with van der Waals surface area (Å²) in [4.78, 5) is 14.1. The molecule has 2 N–H and O–H groups in total. The fourth-order valence-corrected chi connectivity index (χ4v) is 8.33. The number of nitrogens with two attached hydrogens (primary N) is 1. The Labute approximate surface area is 257 Å². The number of likely N-dealkylation sites (tertiary alicyclic amines) is 1. The molecule has 3 aliphatic rings. The van der Waals surface area contributed by atoms with Gasteiger partial charge in [-0.05, 0) is 69.8 Å². The van der Waals surface area contributed by atoms with Crippen LogP contribution in [-0.4, -0.2) is 66.4 Å². The van der Waals surface area contributed by atoms with Crippen LogP contribution >= 0.6 is 22.9 Å². The predicted molar refractivity (Wildman–Crippen MR) is 165 cm³/mol. The number of nitrogens with zero attached hydrogens (tertiary/aromatic N) is 5. The number of halogens is 3. The van der Waals surface area contributed by atoms with Gasteiger partial charge in [0, 0.05) is 30.1 Å². The summed E-state index contributed by atoms with van der Waals surface area (Å²) >= 11 is 8.07. The SMILES string of the molecule is C[C@H](Oc1nc2c3c(c(Cl)c(-c4ccc(F)c5sc(N)c(C#N)c45)c(F)c3n1)CCCN2C1CCOC1)C1CCCN1C. The highest BCUT2D eigenvalue weighted by Gasteiger charge is 2.35. The maximum absolute atomic E-state index is 17.0. The Hall–Kier alpha value is -3.30. The highest BCUT2D eigenvalue weighted by Crippen LogP contribution is 2.48. The minimum Gasteiger partial charge on any atom is -0.459 e. The quantitative estimate of drug-likeness (QED) is 0.276. The summed E-state index contributed by atoms with van der Waals surface area (Å²) in [6, 6.07) is 5.17. The summed E-state index contributed by atoms with van der Waals surface area (Å²) < 4.78 is 44.2. The molecule has 2 aromatic heterocycles. The van der Waals surface area contributed by atoms with E-state index >= 15 is 4.39 Å². The van der Waals surface area contributed by atoms with Gasteiger partial charge in [0.15, 0.2) is 5.82 Å². The minimum absolute atomic E-state index is 0.0697. The van der Waals surface area contributed by atoms with Crippen molar-refractivity contribution in [1.82, 2.24) is 14.9 Å². The highest BCUT2D eigenvalue weighted by molar-refractivity contribution is 7.23. The molecule has 43 heavy (non-hydrogen) atoms. The molecule has 0 bridgehead atoms. The molecule has 2 unspecified atom stereocenters. The molecule has 2 saturated heterocycles. The summed E-state index contributed by atoms with van der Waals surface area (Å²) in [5.41, 5.74) is 7.38. The number of anilines is 2. The molecule has 0 saturated carbocycles. The second-order valence-electron chi connectivity index (χ2n) is 11.6. The molecular weight excluding hydrogens is 594 g/mol. The molecule has 7 rings (SSSR count). The van der Waals surface area contributed by atoms with E-state index in [1.54, 1.807) is 0 Å². The van der Waals surface area contributed by atoms with Crippen LogP contribution in [0.25, 0.3) is 32.1 Å². The first-order valence-electron chi connectivity index (χ1n) is 14.6. The average Bonchev–Trinajstić information content (AvgIpc) is 3.72. The van der Waals surface area contributed by atoms with Crippen LogP contribution in [-0.2, 0) is 11.2 Å². The van der Waals surface area contributed by atoms with E-state index in [0.717, 1.165) is 49.1 Å². The third-order valence-corrected chi connectivity index (χ3v) is 10.6. The molecule has 0 spiro atoms. The van der Waals surface area contributed by atoms with Crippen molar-refractivity contribution in [3.05, 3.63) is 39.9 Å². The Morgan fingerprint density at radius 2 is 2.05 bits per heavy atom. The largest absolute Gasteiger partial charge is 0.459 e.